The Hall–Kier alpha value is -4.35. The third kappa shape index (κ3) is 11.9. The zero-order chi connectivity index (χ0) is 36.9. The molecule has 0 spiro atoms. The molecule has 1 fully saturated rings. The maximum Gasteiger partial charge on any atom is 0.317 e. The molecule has 5 N–H and O–H groups in total. The van der Waals surface area contributed by atoms with E-state index >= 15 is 0 Å². The van der Waals surface area contributed by atoms with Crippen LogP contribution in [0.2, 0.25) is 0 Å². The Morgan fingerprint density at radius 2 is 1.38 bits per heavy atom. The van der Waals surface area contributed by atoms with Crippen molar-refractivity contribution in [1.29, 1.82) is 10.8 Å². The Balaban J connectivity index is 1.53. The number of rotatable bonds is 19. The Morgan fingerprint density at radius 1 is 0.880 bits per heavy atom. The topological polar surface area (TPSA) is 134 Å². The Labute approximate surface area is 297 Å². The van der Waals surface area contributed by atoms with Gasteiger partial charge in [-0.3, -0.25) is 4.79 Å². The monoisotopic (exact) mass is 689 g/mol. The molecule has 11 heteroatoms. The molecule has 1 aliphatic rings. The van der Waals surface area contributed by atoms with Crippen molar-refractivity contribution >= 4 is 24.2 Å². The van der Waals surface area contributed by atoms with E-state index in [0.29, 0.717) is 62.1 Å². The Kier molecular flexibility index (Phi) is 14.9. The molecule has 1 unspecified atom stereocenters. The van der Waals surface area contributed by atoms with Crippen LogP contribution in [0.15, 0.2) is 72.1 Å². The molecule has 1 atom stereocenters. The summed E-state index contributed by atoms with van der Waals surface area (Å²) in [5.41, 5.74) is 3.25. The van der Waals surface area contributed by atoms with Gasteiger partial charge in [0, 0.05) is 50.2 Å². The molecule has 10 nitrogen and oxygen atoms in total. The minimum atomic E-state index is -0.357. The van der Waals surface area contributed by atoms with E-state index in [9.17, 15) is 14.0 Å². The summed E-state index contributed by atoms with van der Waals surface area (Å²) >= 11 is 0. The van der Waals surface area contributed by atoms with Gasteiger partial charge in [0.2, 0.25) is 0 Å². The minimum absolute atomic E-state index is 0.0215. The SMILES string of the molecule is C=C(C)C(C)(C)NCCC(CCNC(=O)N1CCN(/C(C=N)=C(/C=O)Oc2ccc(-c3ccc(F)cc3)cc2)CC1)CCNC(C)(C)C(C)=N. The first kappa shape index (κ1) is 40.1. The average Bonchev–Trinajstić information content (AvgIpc) is 3.08. The highest BCUT2D eigenvalue weighted by atomic mass is 19.1. The summed E-state index contributed by atoms with van der Waals surface area (Å²) in [6.45, 7) is 20.2. The van der Waals surface area contributed by atoms with Crippen molar-refractivity contribution in [3.05, 3.63) is 78.0 Å². The molecule has 0 aromatic heterocycles. The van der Waals surface area contributed by atoms with Crippen LogP contribution in [0, 0.1) is 22.6 Å². The van der Waals surface area contributed by atoms with Crippen molar-refractivity contribution in [3.63, 3.8) is 0 Å². The fourth-order valence-corrected chi connectivity index (χ4v) is 5.48. The molecular weight excluding hydrogens is 633 g/mol. The lowest BCUT2D eigenvalue weighted by Crippen LogP contribution is -2.52. The number of ether oxygens (including phenoxy) is 1. The highest BCUT2D eigenvalue weighted by molar-refractivity contribution is 5.87. The number of urea groups is 1. The van der Waals surface area contributed by atoms with E-state index in [1.165, 1.54) is 12.1 Å². The molecule has 0 radical (unpaired) electrons. The number of allylic oxidation sites excluding steroid dienone is 2. The van der Waals surface area contributed by atoms with Gasteiger partial charge in [-0.1, -0.05) is 36.4 Å². The van der Waals surface area contributed by atoms with Crippen LogP contribution < -0.4 is 20.7 Å². The number of aldehydes is 1. The number of nitrogens with one attached hydrogen (secondary N) is 5. The van der Waals surface area contributed by atoms with E-state index in [-0.39, 0.29) is 28.7 Å². The lowest BCUT2D eigenvalue weighted by Gasteiger charge is -2.36. The van der Waals surface area contributed by atoms with Gasteiger partial charge in [-0.15, -0.1) is 0 Å². The quantitative estimate of drug-likeness (QED) is 0.0382. The smallest absolute Gasteiger partial charge is 0.317 e. The van der Waals surface area contributed by atoms with Gasteiger partial charge in [0.05, 0.1) is 5.54 Å². The van der Waals surface area contributed by atoms with Gasteiger partial charge in [-0.05, 0) is 115 Å². The molecule has 2 amide bonds. The van der Waals surface area contributed by atoms with Crippen LogP contribution in [0.25, 0.3) is 11.1 Å². The molecule has 1 saturated heterocycles. The summed E-state index contributed by atoms with van der Waals surface area (Å²) in [6.07, 6.45) is 4.42. The number of hydrogen-bond donors (Lipinski definition) is 5. The minimum Gasteiger partial charge on any atom is -0.452 e. The molecule has 1 heterocycles. The van der Waals surface area contributed by atoms with Gasteiger partial charge in [0.15, 0.2) is 12.0 Å². The van der Waals surface area contributed by atoms with Crippen LogP contribution in [0.5, 0.6) is 5.75 Å². The Morgan fingerprint density at radius 3 is 1.88 bits per heavy atom. The van der Waals surface area contributed by atoms with Crippen LogP contribution in [0.1, 0.15) is 60.8 Å². The fraction of sp³-hybridized carbons (Fsp3) is 0.487. The lowest BCUT2D eigenvalue weighted by molar-refractivity contribution is -0.106. The number of amides is 2. The number of piperazine rings is 1. The molecule has 2 aromatic rings. The van der Waals surface area contributed by atoms with Gasteiger partial charge in [-0.25, -0.2) is 9.18 Å². The summed E-state index contributed by atoms with van der Waals surface area (Å²) in [5.74, 6) is 0.527. The zero-order valence-corrected chi connectivity index (χ0v) is 30.6. The highest BCUT2D eigenvalue weighted by Crippen LogP contribution is 2.25. The summed E-state index contributed by atoms with van der Waals surface area (Å²) in [6, 6.07) is 13.2. The van der Waals surface area contributed by atoms with Crippen molar-refractivity contribution in [1.82, 2.24) is 25.8 Å². The molecule has 3 rings (SSSR count). The van der Waals surface area contributed by atoms with Gasteiger partial charge < -0.3 is 41.3 Å². The molecule has 0 saturated carbocycles. The van der Waals surface area contributed by atoms with E-state index in [0.717, 1.165) is 55.3 Å². The fourth-order valence-electron chi connectivity index (χ4n) is 5.48. The van der Waals surface area contributed by atoms with Crippen molar-refractivity contribution < 1.29 is 18.7 Å². The van der Waals surface area contributed by atoms with Crippen molar-refractivity contribution in [3.8, 4) is 16.9 Å². The number of carbonyl (C=O) groups is 2. The predicted molar refractivity (Wildman–Crippen MR) is 201 cm³/mol. The van der Waals surface area contributed by atoms with Gasteiger partial charge in [0.25, 0.3) is 0 Å². The molecule has 272 valence electrons. The average molecular weight is 690 g/mol. The normalized spacial score (nSPS) is 14.8. The summed E-state index contributed by atoms with van der Waals surface area (Å²) in [4.78, 5) is 28.8. The van der Waals surface area contributed by atoms with E-state index in [1.54, 1.807) is 29.2 Å². The molecule has 1 aliphatic heterocycles. The van der Waals surface area contributed by atoms with E-state index < -0.39 is 0 Å². The van der Waals surface area contributed by atoms with Crippen molar-refractivity contribution in [2.45, 2.75) is 71.9 Å². The second-order valence-corrected chi connectivity index (χ2v) is 14.1. The van der Waals surface area contributed by atoms with Crippen molar-refractivity contribution in [2.75, 3.05) is 45.8 Å². The van der Waals surface area contributed by atoms with Crippen LogP contribution in [-0.4, -0.2) is 90.9 Å². The van der Waals surface area contributed by atoms with Crippen LogP contribution in [-0.2, 0) is 4.79 Å². The van der Waals surface area contributed by atoms with Gasteiger partial charge >= 0.3 is 6.03 Å². The molecule has 0 aliphatic carbocycles. The summed E-state index contributed by atoms with van der Waals surface area (Å²) in [5, 5.41) is 26.3. The van der Waals surface area contributed by atoms with Gasteiger partial charge in [-0.2, -0.15) is 0 Å². The van der Waals surface area contributed by atoms with Gasteiger partial charge in [0.1, 0.15) is 17.3 Å². The maximum atomic E-state index is 13.3. The number of carbonyl (C=O) groups excluding carboxylic acids is 2. The highest BCUT2D eigenvalue weighted by Gasteiger charge is 2.25. The number of hydrogen-bond acceptors (Lipinski definition) is 8. The van der Waals surface area contributed by atoms with Crippen LogP contribution in [0.3, 0.4) is 0 Å². The van der Waals surface area contributed by atoms with Crippen LogP contribution >= 0.6 is 0 Å². The summed E-state index contributed by atoms with van der Waals surface area (Å²) in [7, 11) is 0. The molecule has 0 bridgehead atoms. The largest absolute Gasteiger partial charge is 0.452 e. The zero-order valence-electron chi connectivity index (χ0n) is 30.6. The predicted octanol–water partition coefficient (Wildman–Crippen LogP) is 6.40. The first-order valence-electron chi connectivity index (χ1n) is 17.4. The number of nitrogens with zero attached hydrogens (tertiary/aromatic N) is 2. The number of halogens is 1. The lowest BCUT2D eigenvalue weighted by atomic mass is 9.93. The van der Waals surface area contributed by atoms with E-state index in [1.807, 2.05) is 44.7 Å². The first-order valence-corrected chi connectivity index (χ1v) is 17.4. The Bertz CT molecular complexity index is 1460. The van der Waals surface area contributed by atoms with Crippen molar-refractivity contribution in [2.24, 2.45) is 5.92 Å². The second kappa shape index (κ2) is 18.6. The maximum absolute atomic E-state index is 13.3. The first-order chi connectivity index (χ1) is 23.7. The third-order valence-electron chi connectivity index (χ3n) is 9.74. The van der Waals surface area contributed by atoms with E-state index in [2.05, 4.69) is 36.4 Å². The van der Waals surface area contributed by atoms with Crippen LogP contribution in [0.4, 0.5) is 9.18 Å². The summed E-state index contributed by atoms with van der Waals surface area (Å²) < 4.78 is 19.2. The second-order valence-electron chi connectivity index (χ2n) is 14.1. The third-order valence-corrected chi connectivity index (χ3v) is 9.74. The number of benzene rings is 2. The molecular formula is C39H56FN7O3. The van der Waals surface area contributed by atoms with E-state index in [4.69, 9.17) is 15.6 Å². The molecule has 50 heavy (non-hydrogen) atoms. The standard InChI is InChI=1S/C39H56FN7O3/c1-28(2)38(4,5)44-20-17-30(18-21-45-39(6,7)29(3)42)16-19-43-37(49)47-24-22-46(23-25-47)35(26-41)36(27-48)50-34-14-10-32(11-15-34)31-8-12-33(40)13-9-31/h8-15,26-27,30,41-42,44-45H,1,16-25H2,2-7H3,(H,43,49)/b36-35-,41-26?,42-29?. The molecule has 2 aromatic carbocycles.